The lowest BCUT2D eigenvalue weighted by atomic mass is 9.70. The standard InChI is InChI=1S/C17H27N/c1-3-4-9-15-10-7-11-16(13-15)17(18)12-6-5-8-14(17)2/h7,10-11,13-14H,3-6,8-9,12,18H2,1-2H3. The van der Waals surface area contributed by atoms with Crippen molar-refractivity contribution < 1.29 is 0 Å². The van der Waals surface area contributed by atoms with Gasteiger partial charge in [-0.15, -0.1) is 0 Å². The summed E-state index contributed by atoms with van der Waals surface area (Å²) in [5.41, 5.74) is 9.46. The highest BCUT2D eigenvalue weighted by molar-refractivity contribution is 5.30. The summed E-state index contributed by atoms with van der Waals surface area (Å²) < 4.78 is 0. The predicted octanol–water partition coefficient (Wildman–Crippen LogP) is 4.39. The zero-order chi connectivity index (χ0) is 13.0. The lowest BCUT2D eigenvalue weighted by molar-refractivity contribution is 0.207. The van der Waals surface area contributed by atoms with Gasteiger partial charge in [0.15, 0.2) is 0 Å². The molecule has 1 aromatic carbocycles. The van der Waals surface area contributed by atoms with Crippen molar-refractivity contribution in [1.82, 2.24) is 0 Å². The maximum absolute atomic E-state index is 6.72. The maximum Gasteiger partial charge on any atom is 0.0435 e. The van der Waals surface area contributed by atoms with Crippen molar-refractivity contribution in [1.29, 1.82) is 0 Å². The zero-order valence-electron chi connectivity index (χ0n) is 11.9. The molecule has 2 unspecified atom stereocenters. The van der Waals surface area contributed by atoms with E-state index in [9.17, 15) is 0 Å². The Labute approximate surface area is 112 Å². The highest BCUT2D eigenvalue weighted by Gasteiger charge is 2.35. The quantitative estimate of drug-likeness (QED) is 0.836. The van der Waals surface area contributed by atoms with E-state index >= 15 is 0 Å². The number of aryl methyl sites for hydroxylation is 1. The van der Waals surface area contributed by atoms with Crippen LogP contribution in [-0.2, 0) is 12.0 Å². The van der Waals surface area contributed by atoms with Crippen molar-refractivity contribution in [2.45, 2.75) is 64.3 Å². The van der Waals surface area contributed by atoms with Crippen molar-refractivity contribution in [3.05, 3.63) is 35.4 Å². The van der Waals surface area contributed by atoms with Crippen molar-refractivity contribution in [3.8, 4) is 0 Å². The minimum atomic E-state index is -0.0829. The third-order valence-electron chi connectivity index (χ3n) is 4.64. The second kappa shape index (κ2) is 5.88. The van der Waals surface area contributed by atoms with Crippen LogP contribution < -0.4 is 5.73 Å². The molecule has 2 rings (SSSR count). The summed E-state index contributed by atoms with van der Waals surface area (Å²) in [6.07, 6.45) is 8.76. The number of hydrogen-bond donors (Lipinski definition) is 1. The molecule has 0 spiro atoms. The summed E-state index contributed by atoms with van der Waals surface area (Å²) in [5.74, 6) is 0.604. The van der Waals surface area contributed by atoms with Crippen molar-refractivity contribution in [3.63, 3.8) is 0 Å². The molecule has 0 saturated heterocycles. The van der Waals surface area contributed by atoms with Crippen LogP contribution in [0.25, 0.3) is 0 Å². The fourth-order valence-electron chi connectivity index (χ4n) is 3.20. The van der Waals surface area contributed by atoms with Gasteiger partial charge in [0.1, 0.15) is 0 Å². The smallest absolute Gasteiger partial charge is 0.0435 e. The third kappa shape index (κ3) is 2.77. The molecule has 0 amide bonds. The Morgan fingerprint density at radius 3 is 2.89 bits per heavy atom. The molecule has 18 heavy (non-hydrogen) atoms. The number of unbranched alkanes of at least 4 members (excludes halogenated alkanes) is 1. The van der Waals surface area contributed by atoms with Crippen LogP contribution in [0.4, 0.5) is 0 Å². The van der Waals surface area contributed by atoms with Gasteiger partial charge in [-0.3, -0.25) is 0 Å². The molecular formula is C17H27N. The Bertz CT molecular complexity index is 385. The summed E-state index contributed by atoms with van der Waals surface area (Å²) in [6.45, 7) is 4.56. The summed E-state index contributed by atoms with van der Waals surface area (Å²) in [4.78, 5) is 0. The Balaban J connectivity index is 2.20. The van der Waals surface area contributed by atoms with E-state index in [4.69, 9.17) is 5.73 Å². The first-order chi connectivity index (χ1) is 8.66. The molecule has 2 N–H and O–H groups in total. The number of nitrogens with two attached hydrogens (primary N) is 1. The van der Waals surface area contributed by atoms with Gasteiger partial charge >= 0.3 is 0 Å². The third-order valence-corrected chi connectivity index (χ3v) is 4.64. The van der Waals surface area contributed by atoms with Crippen LogP contribution in [0.1, 0.15) is 63.5 Å². The van der Waals surface area contributed by atoms with Crippen LogP contribution >= 0.6 is 0 Å². The summed E-state index contributed by atoms with van der Waals surface area (Å²) in [5, 5.41) is 0. The van der Waals surface area contributed by atoms with Crippen molar-refractivity contribution in [2.75, 3.05) is 0 Å². The number of rotatable bonds is 4. The summed E-state index contributed by atoms with van der Waals surface area (Å²) >= 11 is 0. The molecular weight excluding hydrogens is 218 g/mol. The number of hydrogen-bond acceptors (Lipinski definition) is 1. The predicted molar refractivity (Wildman–Crippen MR) is 78.6 cm³/mol. The maximum atomic E-state index is 6.72. The van der Waals surface area contributed by atoms with Gasteiger partial charge in [0, 0.05) is 5.54 Å². The largest absolute Gasteiger partial charge is 0.321 e. The molecule has 0 aliphatic heterocycles. The molecule has 100 valence electrons. The van der Waals surface area contributed by atoms with Gasteiger partial charge in [-0.25, -0.2) is 0 Å². The van der Waals surface area contributed by atoms with Gasteiger partial charge in [-0.1, -0.05) is 57.4 Å². The van der Waals surface area contributed by atoms with Crippen LogP contribution in [-0.4, -0.2) is 0 Å². The van der Waals surface area contributed by atoms with Crippen molar-refractivity contribution >= 4 is 0 Å². The second-order valence-electron chi connectivity index (χ2n) is 5.99. The van der Waals surface area contributed by atoms with E-state index in [2.05, 4.69) is 38.1 Å². The van der Waals surface area contributed by atoms with Gasteiger partial charge in [-0.2, -0.15) is 0 Å². The first kappa shape index (κ1) is 13.6. The Morgan fingerprint density at radius 2 is 2.17 bits per heavy atom. The topological polar surface area (TPSA) is 26.0 Å². The van der Waals surface area contributed by atoms with Gasteiger partial charge in [-0.05, 0) is 42.7 Å². The molecule has 0 radical (unpaired) electrons. The average Bonchev–Trinajstić information content (AvgIpc) is 2.40. The van der Waals surface area contributed by atoms with E-state index in [0.29, 0.717) is 5.92 Å². The van der Waals surface area contributed by atoms with E-state index in [1.54, 1.807) is 0 Å². The van der Waals surface area contributed by atoms with Crippen LogP contribution in [0.3, 0.4) is 0 Å². The van der Waals surface area contributed by atoms with Crippen LogP contribution in [0.15, 0.2) is 24.3 Å². The molecule has 2 atom stereocenters. The van der Waals surface area contributed by atoms with Gasteiger partial charge in [0.2, 0.25) is 0 Å². The van der Waals surface area contributed by atoms with Gasteiger partial charge in [0.05, 0.1) is 0 Å². The molecule has 1 aliphatic carbocycles. The van der Waals surface area contributed by atoms with E-state index in [1.807, 2.05) is 0 Å². The normalized spacial score (nSPS) is 28.3. The summed E-state index contributed by atoms with van der Waals surface area (Å²) in [7, 11) is 0. The first-order valence-electron chi connectivity index (χ1n) is 7.55. The number of benzene rings is 1. The molecule has 0 bridgehead atoms. The van der Waals surface area contributed by atoms with Crippen LogP contribution in [0.5, 0.6) is 0 Å². The Kier molecular flexibility index (Phi) is 4.45. The molecule has 1 fully saturated rings. The van der Waals surface area contributed by atoms with E-state index < -0.39 is 0 Å². The first-order valence-corrected chi connectivity index (χ1v) is 7.55. The molecule has 0 aromatic heterocycles. The van der Waals surface area contributed by atoms with E-state index in [1.165, 1.54) is 49.7 Å². The van der Waals surface area contributed by atoms with Gasteiger partial charge in [0.25, 0.3) is 0 Å². The van der Waals surface area contributed by atoms with Crippen molar-refractivity contribution in [2.24, 2.45) is 11.7 Å². The molecule has 1 aromatic rings. The van der Waals surface area contributed by atoms with Gasteiger partial charge < -0.3 is 5.73 Å². The lowest BCUT2D eigenvalue weighted by Crippen LogP contribution is -2.45. The van der Waals surface area contributed by atoms with E-state index in [0.717, 1.165) is 6.42 Å². The van der Waals surface area contributed by atoms with Crippen LogP contribution in [0.2, 0.25) is 0 Å². The molecule has 1 nitrogen and oxygen atoms in total. The van der Waals surface area contributed by atoms with Crippen LogP contribution in [0, 0.1) is 5.92 Å². The summed E-state index contributed by atoms with van der Waals surface area (Å²) in [6, 6.07) is 9.03. The minimum Gasteiger partial charge on any atom is -0.321 e. The van der Waals surface area contributed by atoms with E-state index in [-0.39, 0.29) is 5.54 Å². The Hall–Kier alpha value is -0.820. The fourth-order valence-corrected chi connectivity index (χ4v) is 3.20. The lowest BCUT2D eigenvalue weighted by Gasteiger charge is -2.40. The fraction of sp³-hybridized carbons (Fsp3) is 0.647. The average molecular weight is 245 g/mol. The monoisotopic (exact) mass is 245 g/mol. The highest BCUT2D eigenvalue weighted by Crippen LogP contribution is 2.39. The second-order valence-corrected chi connectivity index (χ2v) is 5.99. The molecule has 1 saturated carbocycles. The molecule has 0 heterocycles. The Morgan fingerprint density at radius 1 is 1.33 bits per heavy atom. The molecule has 1 aliphatic rings. The SMILES string of the molecule is CCCCc1cccc(C2(N)CCCCC2C)c1. The zero-order valence-corrected chi connectivity index (χ0v) is 11.9. The highest BCUT2D eigenvalue weighted by atomic mass is 14.8. The minimum absolute atomic E-state index is 0.0829. The molecule has 1 heteroatoms.